The third-order valence-electron chi connectivity index (χ3n) is 3.97. The maximum absolute atomic E-state index is 4.07. The second kappa shape index (κ2) is 5.82. The number of rotatable bonds is 4. The van der Waals surface area contributed by atoms with Crippen molar-refractivity contribution in [3.05, 3.63) is 53.3 Å². The van der Waals surface area contributed by atoms with Crippen LogP contribution in [0.5, 0.6) is 0 Å². The molecule has 1 atom stereocenters. The molecule has 0 radical (unpaired) electrons. The Morgan fingerprint density at radius 2 is 1.80 bits per heavy atom. The summed E-state index contributed by atoms with van der Waals surface area (Å²) in [7, 11) is 0. The van der Waals surface area contributed by atoms with E-state index in [-0.39, 0.29) is 5.41 Å². The molecule has 0 amide bonds. The van der Waals surface area contributed by atoms with Crippen LogP contribution in [-0.4, -0.2) is 10.2 Å². The van der Waals surface area contributed by atoms with E-state index in [1.54, 1.807) is 0 Å². The standard InChI is InChI=1S/C18H26N2/c1-13(2)16(12-14-10-11-19-20-14)15-8-6-7-9-17(15)18(3,4)5/h6-11,13,16H,12H2,1-5H3,(H,19,20). The van der Waals surface area contributed by atoms with E-state index in [0.29, 0.717) is 11.8 Å². The minimum Gasteiger partial charge on any atom is -0.283 e. The van der Waals surface area contributed by atoms with Gasteiger partial charge in [-0.3, -0.25) is 5.10 Å². The fraction of sp³-hybridized carbons (Fsp3) is 0.500. The molecule has 1 unspecified atom stereocenters. The average molecular weight is 270 g/mol. The predicted molar refractivity (Wildman–Crippen MR) is 85.0 cm³/mol. The minimum atomic E-state index is 0.178. The van der Waals surface area contributed by atoms with Crippen molar-refractivity contribution in [3.63, 3.8) is 0 Å². The van der Waals surface area contributed by atoms with Gasteiger partial charge in [0.05, 0.1) is 0 Å². The van der Waals surface area contributed by atoms with Gasteiger partial charge in [-0.2, -0.15) is 5.10 Å². The number of aromatic nitrogens is 2. The zero-order valence-electron chi connectivity index (χ0n) is 13.3. The lowest BCUT2D eigenvalue weighted by Crippen LogP contribution is -2.19. The highest BCUT2D eigenvalue weighted by molar-refractivity contribution is 5.36. The molecule has 1 aromatic carbocycles. The molecule has 1 aromatic heterocycles. The third kappa shape index (κ3) is 3.30. The molecule has 108 valence electrons. The SMILES string of the molecule is CC(C)C(Cc1ccn[nH]1)c1ccccc1C(C)(C)C. The van der Waals surface area contributed by atoms with E-state index in [2.05, 4.69) is 75.1 Å². The summed E-state index contributed by atoms with van der Waals surface area (Å²) in [4.78, 5) is 0. The first-order valence-electron chi connectivity index (χ1n) is 7.47. The Bertz CT molecular complexity index is 533. The molecule has 0 aliphatic rings. The van der Waals surface area contributed by atoms with Gasteiger partial charge in [-0.05, 0) is 40.9 Å². The third-order valence-corrected chi connectivity index (χ3v) is 3.97. The second-order valence-corrected chi connectivity index (χ2v) is 6.97. The van der Waals surface area contributed by atoms with E-state index in [9.17, 15) is 0 Å². The van der Waals surface area contributed by atoms with E-state index in [1.807, 2.05) is 6.20 Å². The summed E-state index contributed by atoms with van der Waals surface area (Å²) in [5, 5.41) is 7.17. The molecule has 1 heterocycles. The number of hydrogen-bond donors (Lipinski definition) is 1. The van der Waals surface area contributed by atoms with E-state index in [1.165, 1.54) is 16.8 Å². The van der Waals surface area contributed by atoms with Crippen molar-refractivity contribution in [1.82, 2.24) is 10.2 Å². The van der Waals surface area contributed by atoms with Gasteiger partial charge in [-0.25, -0.2) is 0 Å². The fourth-order valence-electron chi connectivity index (χ4n) is 2.84. The molecule has 2 heteroatoms. The number of aromatic amines is 1. The van der Waals surface area contributed by atoms with Gasteiger partial charge in [0.25, 0.3) is 0 Å². The monoisotopic (exact) mass is 270 g/mol. The predicted octanol–water partition coefficient (Wildman–Crippen LogP) is 4.69. The van der Waals surface area contributed by atoms with E-state index in [0.717, 1.165) is 6.42 Å². The Morgan fingerprint density at radius 1 is 1.10 bits per heavy atom. The van der Waals surface area contributed by atoms with E-state index in [4.69, 9.17) is 0 Å². The summed E-state index contributed by atoms with van der Waals surface area (Å²) >= 11 is 0. The van der Waals surface area contributed by atoms with Gasteiger partial charge in [0.15, 0.2) is 0 Å². The van der Waals surface area contributed by atoms with Crippen molar-refractivity contribution in [3.8, 4) is 0 Å². The van der Waals surface area contributed by atoms with Gasteiger partial charge in [-0.15, -0.1) is 0 Å². The maximum atomic E-state index is 4.07. The maximum Gasteiger partial charge on any atom is 0.0490 e. The minimum absolute atomic E-state index is 0.178. The topological polar surface area (TPSA) is 28.7 Å². The largest absolute Gasteiger partial charge is 0.283 e. The molecule has 1 N–H and O–H groups in total. The lowest BCUT2D eigenvalue weighted by Gasteiger charge is -2.29. The van der Waals surface area contributed by atoms with Crippen LogP contribution in [0.3, 0.4) is 0 Å². The molecule has 0 aliphatic heterocycles. The Kier molecular flexibility index (Phi) is 4.32. The summed E-state index contributed by atoms with van der Waals surface area (Å²) in [5.41, 5.74) is 4.33. The van der Waals surface area contributed by atoms with Crippen molar-refractivity contribution in [1.29, 1.82) is 0 Å². The molecule has 2 rings (SSSR count). The van der Waals surface area contributed by atoms with Crippen LogP contribution in [0.25, 0.3) is 0 Å². The van der Waals surface area contributed by atoms with Crippen molar-refractivity contribution in [2.75, 3.05) is 0 Å². The van der Waals surface area contributed by atoms with Crippen LogP contribution in [0, 0.1) is 5.92 Å². The van der Waals surface area contributed by atoms with Crippen LogP contribution in [0.1, 0.15) is 57.4 Å². The first-order valence-corrected chi connectivity index (χ1v) is 7.47. The molecule has 2 aromatic rings. The van der Waals surface area contributed by atoms with Crippen molar-refractivity contribution < 1.29 is 0 Å². The average Bonchev–Trinajstić information content (AvgIpc) is 2.87. The van der Waals surface area contributed by atoms with Crippen LogP contribution in [-0.2, 0) is 11.8 Å². The summed E-state index contributed by atoms with van der Waals surface area (Å²) in [5.74, 6) is 1.12. The Labute approximate surface area is 122 Å². The highest BCUT2D eigenvalue weighted by Crippen LogP contribution is 2.35. The van der Waals surface area contributed by atoms with Crippen LogP contribution in [0.4, 0.5) is 0 Å². The normalized spacial score (nSPS) is 13.7. The van der Waals surface area contributed by atoms with Gasteiger partial charge in [0.2, 0.25) is 0 Å². The van der Waals surface area contributed by atoms with Gasteiger partial charge in [0.1, 0.15) is 0 Å². The molecule has 0 saturated carbocycles. The zero-order chi connectivity index (χ0) is 14.8. The zero-order valence-corrected chi connectivity index (χ0v) is 13.3. The smallest absolute Gasteiger partial charge is 0.0490 e. The molecule has 0 spiro atoms. The lowest BCUT2D eigenvalue weighted by molar-refractivity contribution is 0.474. The highest BCUT2D eigenvalue weighted by atomic mass is 15.1. The summed E-state index contributed by atoms with van der Waals surface area (Å²) in [6, 6.07) is 11.0. The number of hydrogen-bond acceptors (Lipinski definition) is 1. The molecular formula is C18H26N2. The van der Waals surface area contributed by atoms with Gasteiger partial charge in [-0.1, -0.05) is 58.9 Å². The van der Waals surface area contributed by atoms with Crippen LogP contribution >= 0.6 is 0 Å². The van der Waals surface area contributed by atoms with Crippen LogP contribution in [0.15, 0.2) is 36.5 Å². The molecule has 0 saturated heterocycles. The molecule has 2 nitrogen and oxygen atoms in total. The Hall–Kier alpha value is -1.57. The van der Waals surface area contributed by atoms with Crippen molar-refractivity contribution in [2.45, 2.75) is 52.4 Å². The van der Waals surface area contributed by atoms with Gasteiger partial charge >= 0.3 is 0 Å². The van der Waals surface area contributed by atoms with E-state index >= 15 is 0 Å². The summed E-state index contributed by atoms with van der Waals surface area (Å²) in [6.45, 7) is 11.5. The number of benzene rings is 1. The molecular weight excluding hydrogens is 244 g/mol. The number of nitrogens with zero attached hydrogens (tertiary/aromatic N) is 1. The second-order valence-electron chi connectivity index (χ2n) is 6.97. The van der Waals surface area contributed by atoms with Crippen molar-refractivity contribution in [2.24, 2.45) is 5.92 Å². The number of nitrogens with one attached hydrogen (secondary N) is 1. The van der Waals surface area contributed by atoms with Gasteiger partial charge in [0, 0.05) is 11.9 Å². The Morgan fingerprint density at radius 3 is 2.35 bits per heavy atom. The first kappa shape index (κ1) is 14.8. The van der Waals surface area contributed by atoms with Gasteiger partial charge < -0.3 is 0 Å². The van der Waals surface area contributed by atoms with Crippen LogP contribution in [0.2, 0.25) is 0 Å². The highest BCUT2D eigenvalue weighted by Gasteiger charge is 2.24. The molecule has 20 heavy (non-hydrogen) atoms. The summed E-state index contributed by atoms with van der Waals surface area (Å²) in [6.07, 6.45) is 2.85. The summed E-state index contributed by atoms with van der Waals surface area (Å²) < 4.78 is 0. The lowest BCUT2D eigenvalue weighted by atomic mass is 9.75. The molecule has 0 fully saturated rings. The molecule has 0 bridgehead atoms. The quantitative estimate of drug-likeness (QED) is 0.858. The van der Waals surface area contributed by atoms with E-state index < -0.39 is 0 Å². The molecule has 0 aliphatic carbocycles. The number of H-pyrrole nitrogens is 1. The first-order chi connectivity index (χ1) is 9.39. The Balaban J connectivity index is 2.40. The van der Waals surface area contributed by atoms with Crippen LogP contribution < -0.4 is 0 Å². The fourth-order valence-corrected chi connectivity index (χ4v) is 2.84. The van der Waals surface area contributed by atoms with Crippen molar-refractivity contribution >= 4 is 0 Å².